The number of ketones is 1. The predicted octanol–water partition coefficient (Wildman–Crippen LogP) is 4.15. The van der Waals surface area contributed by atoms with Gasteiger partial charge < -0.3 is 4.74 Å². The molecule has 2 aromatic rings. The van der Waals surface area contributed by atoms with Gasteiger partial charge in [0.15, 0.2) is 5.78 Å². The molecule has 0 saturated carbocycles. The highest BCUT2D eigenvalue weighted by atomic mass is 19.1. The van der Waals surface area contributed by atoms with Gasteiger partial charge in [-0.25, -0.2) is 4.39 Å². The van der Waals surface area contributed by atoms with E-state index in [1.54, 1.807) is 0 Å². The number of Topliss-reactive ketones (excluding diaryl/α,β-unsaturated/α-hetero) is 1. The number of benzene rings is 2. The van der Waals surface area contributed by atoms with Crippen LogP contribution >= 0.6 is 0 Å². The van der Waals surface area contributed by atoms with Crippen LogP contribution < -0.4 is 4.74 Å². The minimum absolute atomic E-state index is 0.00102. The van der Waals surface area contributed by atoms with Gasteiger partial charge in [-0.15, -0.1) is 0 Å². The first-order chi connectivity index (χ1) is 9.56. The number of carbonyl (C=O) groups excluding carboxylic acids is 1. The van der Waals surface area contributed by atoms with E-state index in [-0.39, 0.29) is 11.9 Å². The summed E-state index contributed by atoms with van der Waals surface area (Å²) in [4.78, 5) is 12.2. The molecule has 2 aromatic carbocycles. The highest BCUT2D eigenvalue weighted by molar-refractivity contribution is 6.00. The third-order valence-corrected chi connectivity index (χ3v) is 3.75. The number of hydrogen-bond donors (Lipinski definition) is 0. The van der Waals surface area contributed by atoms with Crippen LogP contribution in [0.2, 0.25) is 0 Å². The van der Waals surface area contributed by atoms with Crippen LogP contribution in [0.25, 0.3) is 0 Å². The van der Waals surface area contributed by atoms with E-state index >= 15 is 0 Å². The van der Waals surface area contributed by atoms with Crippen molar-refractivity contribution < 1.29 is 13.9 Å². The zero-order chi connectivity index (χ0) is 14.3. The van der Waals surface area contributed by atoms with Gasteiger partial charge in [-0.05, 0) is 42.7 Å². The van der Waals surface area contributed by atoms with Crippen molar-refractivity contribution in [1.82, 2.24) is 0 Å². The van der Waals surface area contributed by atoms with Gasteiger partial charge >= 0.3 is 0 Å². The van der Waals surface area contributed by atoms with Gasteiger partial charge in [0.25, 0.3) is 0 Å². The Morgan fingerprint density at radius 1 is 1.15 bits per heavy atom. The van der Waals surface area contributed by atoms with Crippen LogP contribution in [-0.2, 0) is 0 Å². The fourth-order valence-electron chi connectivity index (χ4n) is 2.79. The van der Waals surface area contributed by atoms with E-state index in [0.717, 1.165) is 16.7 Å². The second-order valence-electron chi connectivity index (χ2n) is 5.18. The molecule has 3 heteroatoms. The minimum atomic E-state index is -0.390. The maximum absolute atomic E-state index is 13.3. The number of carbonyl (C=O) groups is 1. The molecular formula is C17H15FO2. The highest BCUT2D eigenvalue weighted by Gasteiger charge is 2.29. The standard InChI is InChI=1S/C17H15FO2/c1-10-4-3-5-11(2)17(10)16-9-14(19)13-7-6-12(18)8-15(13)20-16/h3-8,16H,9H2,1-2H3. The number of rotatable bonds is 1. The fraction of sp³-hybridized carbons (Fsp3) is 0.235. The zero-order valence-electron chi connectivity index (χ0n) is 11.4. The molecule has 20 heavy (non-hydrogen) atoms. The molecule has 1 atom stereocenters. The normalized spacial score (nSPS) is 17.6. The lowest BCUT2D eigenvalue weighted by molar-refractivity contribution is 0.0848. The van der Waals surface area contributed by atoms with Gasteiger partial charge in [0, 0.05) is 6.07 Å². The van der Waals surface area contributed by atoms with Crippen LogP contribution in [0.3, 0.4) is 0 Å². The SMILES string of the molecule is Cc1cccc(C)c1C1CC(=O)c2ccc(F)cc2O1. The highest BCUT2D eigenvalue weighted by Crippen LogP contribution is 2.37. The maximum atomic E-state index is 13.3. The number of halogens is 1. The van der Waals surface area contributed by atoms with Crippen molar-refractivity contribution in [3.05, 3.63) is 64.5 Å². The van der Waals surface area contributed by atoms with Crippen LogP contribution in [0.15, 0.2) is 36.4 Å². The number of aryl methyl sites for hydroxylation is 2. The summed E-state index contributed by atoms with van der Waals surface area (Å²) in [5, 5.41) is 0. The Morgan fingerprint density at radius 2 is 1.85 bits per heavy atom. The third-order valence-electron chi connectivity index (χ3n) is 3.75. The molecule has 0 saturated heterocycles. The number of ether oxygens (including phenoxy) is 1. The molecular weight excluding hydrogens is 255 g/mol. The van der Waals surface area contributed by atoms with E-state index in [0.29, 0.717) is 17.7 Å². The summed E-state index contributed by atoms with van der Waals surface area (Å²) in [5.41, 5.74) is 3.66. The summed E-state index contributed by atoms with van der Waals surface area (Å²) in [5.74, 6) is -0.0495. The van der Waals surface area contributed by atoms with Gasteiger partial charge in [0.2, 0.25) is 0 Å². The van der Waals surface area contributed by atoms with Crippen LogP contribution in [0, 0.1) is 19.7 Å². The number of hydrogen-bond acceptors (Lipinski definition) is 2. The molecule has 0 radical (unpaired) electrons. The van der Waals surface area contributed by atoms with Crippen molar-refractivity contribution in [3.63, 3.8) is 0 Å². The lowest BCUT2D eigenvalue weighted by atomic mass is 9.91. The first kappa shape index (κ1) is 12.9. The second kappa shape index (κ2) is 4.75. The summed E-state index contributed by atoms with van der Waals surface area (Å²) < 4.78 is 19.2. The summed E-state index contributed by atoms with van der Waals surface area (Å²) in [6.45, 7) is 3.99. The molecule has 0 amide bonds. The first-order valence-electron chi connectivity index (χ1n) is 6.62. The Bertz CT molecular complexity index is 671. The summed E-state index contributed by atoms with van der Waals surface area (Å²) in [7, 11) is 0. The molecule has 1 heterocycles. The molecule has 0 N–H and O–H groups in total. The van der Waals surface area contributed by atoms with Gasteiger partial charge in [-0.3, -0.25) is 4.79 Å². The van der Waals surface area contributed by atoms with Gasteiger partial charge in [-0.2, -0.15) is 0 Å². The van der Waals surface area contributed by atoms with Crippen molar-refractivity contribution in [3.8, 4) is 5.75 Å². The third kappa shape index (κ3) is 2.09. The molecule has 1 aliphatic heterocycles. The lowest BCUT2D eigenvalue weighted by Crippen LogP contribution is -2.22. The van der Waals surface area contributed by atoms with Crippen molar-refractivity contribution in [2.45, 2.75) is 26.4 Å². The van der Waals surface area contributed by atoms with E-state index in [4.69, 9.17) is 4.74 Å². The molecule has 1 unspecified atom stereocenters. The minimum Gasteiger partial charge on any atom is -0.484 e. The molecule has 3 rings (SSSR count). The van der Waals surface area contributed by atoms with Crippen LogP contribution in [0.5, 0.6) is 5.75 Å². The summed E-state index contributed by atoms with van der Waals surface area (Å²) >= 11 is 0. The molecule has 2 nitrogen and oxygen atoms in total. The Labute approximate surface area is 117 Å². The van der Waals surface area contributed by atoms with E-state index < -0.39 is 5.82 Å². The van der Waals surface area contributed by atoms with E-state index in [1.165, 1.54) is 18.2 Å². The monoisotopic (exact) mass is 270 g/mol. The van der Waals surface area contributed by atoms with Crippen molar-refractivity contribution in [1.29, 1.82) is 0 Å². The summed E-state index contributed by atoms with van der Waals surface area (Å²) in [6.07, 6.45) is -0.0392. The Morgan fingerprint density at radius 3 is 2.55 bits per heavy atom. The molecule has 0 aromatic heterocycles. The van der Waals surface area contributed by atoms with Gasteiger partial charge in [-0.1, -0.05) is 18.2 Å². The Hall–Kier alpha value is -2.16. The van der Waals surface area contributed by atoms with Crippen LogP contribution in [0.4, 0.5) is 4.39 Å². The van der Waals surface area contributed by atoms with E-state index in [2.05, 4.69) is 0 Å². The summed E-state index contributed by atoms with van der Waals surface area (Å²) in [6, 6.07) is 10.0. The van der Waals surface area contributed by atoms with Crippen molar-refractivity contribution in [2.24, 2.45) is 0 Å². The second-order valence-corrected chi connectivity index (χ2v) is 5.18. The van der Waals surface area contributed by atoms with Gasteiger partial charge in [0.05, 0.1) is 12.0 Å². The van der Waals surface area contributed by atoms with E-state index in [1.807, 2.05) is 32.0 Å². The molecule has 1 aliphatic rings. The Balaban J connectivity index is 2.05. The van der Waals surface area contributed by atoms with Crippen molar-refractivity contribution >= 4 is 5.78 Å². The fourth-order valence-corrected chi connectivity index (χ4v) is 2.79. The Kier molecular flexibility index (Phi) is 3.05. The molecule has 102 valence electrons. The number of fused-ring (bicyclic) bond motifs is 1. The quantitative estimate of drug-likeness (QED) is 0.778. The van der Waals surface area contributed by atoms with Crippen molar-refractivity contribution in [2.75, 3.05) is 0 Å². The molecule has 0 aliphatic carbocycles. The predicted molar refractivity (Wildman–Crippen MR) is 74.6 cm³/mol. The average Bonchev–Trinajstić information content (AvgIpc) is 2.38. The van der Waals surface area contributed by atoms with E-state index in [9.17, 15) is 9.18 Å². The zero-order valence-corrected chi connectivity index (χ0v) is 11.4. The van der Waals surface area contributed by atoms with Gasteiger partial charge in [0.1, 0.15) is 17.7 Å². The maximum Gasteiger partial charge on any atom is 0.170 e. The molecule has 0 bridgehead atoms. The van der Waals surface area contributed by atoms with Crippen LogP contribution in [0.1, 0.15) is 39.6 Å². The topological polar surface area (TPSA) is 26.3 Å². The molecule has 0 spiro atoms. The molecule has 0 fully saturated rings. The smallest absolute Gasteiger partial charge is 0.170 e. The lowest BCUT2D eigenvalue weighted by Gasteiger charge is -2.27. The first-order valence-corrected chi connectivity index (χ1v) is 6.62. The average molecular weight is 270 g/mol. The largest absolute Gasteiger partial charge is 0.484 e. The van der Waals surface area contributed by atoms with Crippen LogP contribution in [-0.4, -0.2) is 5.78 Å².